The lowest BCUT2D eigenvalue weighted by Crippen LogP contribution is -2.06. The summed E-state index contributed by atoms with van der Waals surface area (Å²) in [5, 5.41) is 1.16. The zero-order valence-electron chi connectivity index (χ0n) is 10.3. The third-order valence-electron chi connectivity index (χ3n) is 2.50. The van der Waals surface area contributed by atoms with Crippen molar-refractivity contribution in [3.63, 3.8) is 0 Å². The molecule has 1 aromatic carbocycles. The molecule has 0 aliphatic rings. The number of thiazole rings is 1. The molecule has 0 radical (unpaired) electrons. The van der Waals surface area contributed by atoms with Crippen LogP contribution in [0, 0.1) is 0 Å². The highest BCUT2D eigenvalue weighted by atomic mass is 32.1. The molecule has 92 valence electrons. The standard InChI is InChI=1S/C13H18N2OS/c1-9(2)13-15-12-10(16-8-4-7-14)5-3-6-11(12)17-13/h3,5-6,9H,4,7-8,14H2,1-2H3. The molecule has 0 amide bonds. The lowest BCUT2D eigenvalue weighted by molar-refractivity contribution is 0.316. The Kier molecular flexibility index (Phi) is 3.97. The van der Waals surface area contributed by atoms with Gasteiger partial charge < -0.3 is 10.5 Å². The van der Waals surface area contributed by atoms with Crippen molar-refractivity contribution < 1.29 is 4.74 Å². The van der Waals surface area contributed by atoms with E-state index in [9.17, 15) is 0 Å². The SMILES string of the molecule is CC(C)c1nc2c(OCCCN)cccc2s1. The van der Waals surface area contributed by atoms with Crippen molar-refractivity contribution in [1.82, 2.24) is 4.98 Å². The van der Waals surface area contributed by atoms with Gasteiger partial charge in [-0.3, -0.25) is 0 Å². The van der Waals surface area contributed by atoms with Crippen molar-refractivity contribution in [2.45, 2.75) is 26.2 Å². The molecule has 0 unspecified atom stereocenters. The van der Waals surface area contributed by atoms with Crippen molar-refractivity contribution in [2.75, 3.05) is 13.2 Å². The smallest absolute Gasteiger partial charge is 0.146 e. The van der Waals surface area contributed by atoms with Crippen molar-refractivity contribution in [3.05, 3.63) is 23.2 Å². The van der Waals surface area contributed by atoms with Gasteiger partial charge in [0.25, 0.3) is 0 Å². The van der Waals surface area contributed by atoms with Crippen LogP contribution >= 0.6 is 11.3 Å². The van der Waals surface area contributed by atoms with Gasteiger partial charge in [0.1, 0.15) is 11.3 Å². The van der Waals surface area contributed by atoms with Gasteiger partial charge in [0, 0.05) is 5.92 Å². The molecule has 2 aromatic rings. The summed E-state index contributed by atoms with van der Waals surface area (Å²) in [6.07, 6.45) is 0.873. The fraction of sp³-hybridized carbons (Fsp3) is 0.462. The van der Waals surface area contributed by atoms with Gasteiger partial charge in [-0.1, -0.05) is 19.9 Å². The maximum absolute atomic E-state index is 5.72. The minimum absolute atomic E-state index is 0.462. The number of fused-ring (bicyclic) bond motifs is 1. The zero-order chi connectivity index (χ0) is 12.3. The molecule has 0 atom stereocenters. The molecule has 3 nitrogen and oxygen atoms in total. The minimum atomic E-state index is 0.462. The lowest BCUT2D eigenvalue weighted by atomic mass is 10.2. The molecule has 1 aromatic heterocycles. The topological polar surface area (TPSA) is 48.1 Å². The van der Waals surface area contributed by atoms with Gasteiger partial charge in [-0.05, 0) is 25.1 Å². The van der Waals surface area contributed by atoms with E-state index in [1.165, 1.54) is 4.70 Å². The Labute approximate surface area is 106 Å². The predicted molar refractivity (Wildman–Crippen MR) is 72.9 cm³/mol. The first-order valence-corrected chi connectivity index (χ1v) is 6.76. The van der Waals surface area contributed by atoms with E-state index < -0.39 is 0 Å². The van der Waals surface area contributed by atoms with E-state index in [2.05, 4.69) is 24.9 Å². The fourth-order valence-corrected chi connectivity index (χ4v) is 2.56. The van der Waals surface area contributed by atoms with Gasteiger partial charge >= 0.3 is 0 Å². The van der Waals surface area contributed by atoms with Crippen LogP contribution in [0.25, 0.3) is 10.2 Å². The van der Waals surface area contributed by atoms with Crippen LogP contribution in [0.1, 0.15) is 31.2 Å². The summed E-state index contributed by atoms with van der Waals surface area (Å²) in [4.78, 5) is 4.65. The van der Waals surface area contributed by atoms with Crippen LogP contribution in [-0.2, 0) is 0 Å². The highest BCUT2D eigenvalue weighted by molar-refractivity contribution is 7.18. The number of rotatable bonds is 5. The van der Waals surface area contributed by atoms with Crippen molar-refractivity contribution in [3.8, 4) is 5.75 Å². The number of nitrogens with two attached hydrogens (primary N) is 1. The van der Waals surface area contributed by atoms with Crippen molar-refractivity contribution in [1.29, 1.82) is 0 Å². The lowest BCUT2D eigenvalue weighted by Gasteiger charge is -2.05. The van der Waals surface area contributed by atoms with Crippen LogP contribution in [-0.4, -0.2) is 18.1 Å². The van der Waals surface area contributed by atoms with Gasteiger partial charge in [-0.15, -0.1) is 11.3 Å². The first kappa shape index (κ1) is 12.3. The zero-order valence-corrected chi connectivity index (χ0v) is 11.1. The number of para-hydroxylation sites is 1. The fourth-order valence-electron chi connectivity index (χ4n) is 1.57. The average molecular weight is 250 g/mol. The molecule has 0 saturated heterocycles. The Morgan fingerprint density at radius 2 is 2.24 bits per heavy atom. The first-order valence-electron chi connectivity index (χ1n) is 5.94. The molecule has 0 bridgehead atoms. The second-order valence-corrected chi connectivity index (χ2v) is 5.36. The summed E-state index contributed by atoms with van der Waals surface area (Å²) in [6.45, 7) is 5.63. The van der Waals surface area contributed by atoms with E-state index in [1.807, 2.05) is 12.1 Å². The molecule has 17 heavy (non-hydrogen) atoms. The van der Waals surface area contributed by atoms with Crippen molar-refractivity contribution >= 4 is 21.6 Å². The maximum atomic E-state index is 5.72. The number of aromatic nitrogens is 1. The van der Waals surface area contributed by atoms with Crippen LogP contribution in [0.2, 0.25) is 0 Å². The van der Waals surface area contributed by atoms with Gasteiger partial charge in [0.05, 0.1) is 16.3 Å². The molecule has 0 saturated carbocycles. The first-order chi connectivity index (χ1) is 8.22. The molecule has 1 heterocycles. The van der Waals surface area contributed by atoms with Crippen LogP contribution < -0.4 is 10.5 Å². The number of benzene rings is 1. The van der Waals surface area contributed by atoms with Crippen LogP contribution in [0.4, 0.5) is 0 Å². The summed E-state index contributed by atoms with van der Waals surface area (Å²) in [5.41, 5.74) is 6.44. The van der Waals surface area contributed by atoms with E-state index >= 15 is 0 Å². The maximum Gasteiger partial charge on any atom is 0.146 e. The van der Waals surface area contributed by atoms with Crippen LogP contribution in [0.5, 0.6) is 5.75 Å². The Balaban J connectivity index is 2.29. The third-order valence-corrected chi connectivity index (χ3v) is 3.82. The quantitative estimate of drug-likeness (QED) is 0.829. The van der Waals surface area contributed by atoms with Gasteiger partial charge in [-0.2, -0.15) is 0 Å². The Morgan fingerprint density at radius 1 is 1.41 bits per heavy atom. The number of ether oxygens (including phenoxy) is 1. The van der Waals surface area contributed by atoms with E-state index in [0.29, 0.717) is 19.1 Å². The molecule has 0 fully saturated rings. The molecule has 4 heteroatoms. The molecule has 0 spiro atoms. The molecule has 0 aliphatic carbocycles. The van der Waals surface area contributed by atoms with E-state index in [4.69, 9.17) is 10.5 Å². The van der Waals surface area contributed by atoms with Gasteiger partial charge in [0.2, 0.25) is 0 Å². The van der Waals surface area contributed by atoms with Crippen LogP contribution in [0.3, 0.4) is 0 Å². The minimum Gasteiger partial charge on any atom is -0.491 e. The molecular formula is C13H18N2OS. The van der Waals surface area contributed by atoms with Gasteiger partial charge in [0.15, 0.2) is 0 Å². The molecule has 2 N–H and O–H groups in total. The highest BCUT2D eigenvalue weighted by Crippen LogP contribution is 2.32. The second kappa shape index (κ2) is 5.47. The molecule has 0 aliphatic heterocycles. The average Bonchev–Trinajstić information content (AvgIpc) is 2.74. The predicted octanol–water partition coefficient (Wildman–Crippen LogP) is 3.15. The summed E-state index contributed by atoms with van der Waals surface area (Å²) in [7, 11) is 0. The summed E-state index contributed by atoms with van der Waals surface area (Å²) >= 11 is 1.74. The van der Waals surface area contributed by atoms with Crippen LogP contribution in [0.15, 0.2) is 18.2 Å². The number of hydrogen-bond acceptors (Lipinski definition) is 4. The second-order valence-electron chi connectivity index (χ2n) is 4.30. The van der Waals surface area contributed by atoms with E-state index in [-0.39, 0.29) is 0 Å². The largest absolute Gasteiger partial charge is 0.491 e. The summed E-state index contributed by atoms with van der Waals surface area (Å²) in [6, 6.07) is 6.08. The number of nitrogens with zero attached hydrogens (tertiary/aromatic N) is 1. The summed E-state index contributed by atoms with van der Waals surface area (Å²) in [5.74, 6) is 1.34. The van der Waals surface area contributed by atoms with E-state index in [0.717, 1.165) is 22.7 Å². The highest BCUT2D eigenvalue weighted by Gasteiger charge is 2.10. The van der Waals surface area contributed by atoms with Crippen molar-refractivity contribution in [2.24, 2.45) is 5.73 Å². The van der Waals surface area contributed by atoms with Gasteiger partial charge in [-0.25, -0.2) is 4.98 Å². The Hall–Kier alpha value is -1.13. The monoisotopic (exact) mass is 250 g/mol. The molecular weight excluding hydrogens is 232 g/mol. The Bertz CT molecular complexity index is 493. The van der Waals surface area contributed by atoms with E-state index in [1.54, 1.807) is 11.3 Å². The normalized spacial score (nSPS) is 11.3. The molecule has 2 rings (SSSR count). The number of hydrogen-bond donors (Lipinski definition) is 1. The third kappa shape index (κ3) is 2.76. The Morgan fingerprint density at radius 3 is 2.94 bits per heavy atom. The summed E-state index contributed by atoms with van der Waals surface area (Å²) < 4.78 is 6.91.